The summed E-state index contributed by atoms with van der Waals surface area (Å²) in [6.07, 6.45) is 13.5. The molecule has 5 heteroatoms. The van der Waals surface area contributed by atoms with Crippen molar-refractivity contribution < 1.29 is 24.9 Å². The van der Waals surface area contributed by atoms with Gasteiger partial charge in [-0.2, -0.15) is 0 Å². The van der Waals surface area contributed by atoms with Gasteiger partial charge in [-0.3, -0.25) is 9.59 Å². The quantitative estimate of drug-likeness (QED) is 0.264. The molecule has 1 saturated carbocycles. The van der Waals surface area contributed by atoms with Crippen LogP contribution in [0.1, 0.15) is 102 Å². The Morgan fingerprint density at radius 3 is 2.03 bits per heavy atom. The first kappa shape index (κ1) is 25.2. The summed E-state index contributed by atoms with van der Waals surface area (Å²) >= 11 is 0. The maximum Gasteiger partial charge on any atom is 0.309 e. The Morgan fingerprint density at radius 2 is 1.45 bits per heavy atom. The van der Waals surface area contributed by atoms with E-state index in [1.54, 1.807) is 19.9 Å². The lowest BCUT2D eigenvalue weighted by Crippen LogP contribution is -2.23. The maximum atomic E-state index is 11.2. The molecule has 0 amide bonds. The molecule has 2 rings (SSSR count). The van der Waals surface area contributed by atoms with Gasteiger partial charge in [-0.1, -0.05) is 44.6 Å². The fraction of sp³-hybridized carbons (Fsp3) is 0.692. The van der Waals surface area contributed by atoms with Crippen molar-refractivity contribution in [3.8, 4) is 5.75 Å². The van der Waals surface area contributed by atoms with Gasteiger partial charge in [-0.15, -0.1) is 0 Å². The van der Waals surface area contributed by atoms with Gasteiger partial charge in [0.15, 0.2) is 0 Å². The summed E-state index contributed by atoms with van der Waals surface area (Å²) < 4.78 is 0. The largest absolute Gasteiger partial charge is 0.508 e. The predicted octanol–water partition coefficient (Wildman–Crippen LogP) is 6.35. The number of aliphatic carboxylic acids is 2. The zero-order valence-electron chi connectivity index (χ0n) is 19.3. The van der Waals surface area contributed by atoms with E-state index < -0.39 is 22.8 Å². The van der Waals surface area contributed by atoms with Crippen molar-refractivity contribution in [1.29, 1.82) is 0 Å². The molecule has 1 aromatic carbocycles. The van der Waals surface area contributed by atoms with Crippen LogP contribution in [0, 0.1) is 10.8 Å². The Hall–Kier alpha value is -2.04. The van der Waals surface area contributed by atoms with E-state index in [2.05, 4.69) is 0 Å². The van der Waals surface area contributed by atoms with Crippen LogP contribution in [0.2, 0.25) is 0 Å². The number of phenols is 1. The van der Waals surface area contributed by atoms with Gasteiger partial charge in [-0.05, 0) is 88.5 Å². The van der Waals surface area contributed by atoms with Gasteiger partial charge < -0.3 is 15.3 Å². The van der Waals surface area contributed by atoms with Crippen molar-refractivity contribution in [1.82, 2.24) is 0 Å². The van der Waals surface area contributed by atoms with E-state index in [9.17, 15) is 24.9 Å². The minimum atomic E-state index is -0.731. The lowest BCUT2D eigenvalue weighted by molar-refractivity contribution is -0.147. The molecule has 3 N–H and O–H groups in total. The van der Waals surface area contributed by atoms with Gasteiger partial charge in [0.2, 0.25) is 0 Å². The first-order valence-electron chi connectivity index (χ1n) is 11.9. The minimum Gasteiger partial charge on any atom is -0.508 e. The standard InChI is InChI=1S/C26H40O5/c1-25(2,23(28)29)15-9-5-3-8-12-21-19-22(27)14-13-20(21)11-7-4-6-10-16-26(17-18-26)24(30)31/h13-14,19,27H,3-12,15-18H2,1-2H3,(H,28,29)(H,30,31). The van der Waals surface area contributed by atoms with Crippen molar-refractivity contribution in [2.45, 2.75) is 104 Å². The van der Waals surface area contributed by atoms with Gasteiger partial charge in [0.05, 0.1) is 10.8 Å². The van der Waals surface area contributed by atoms with Crippen LogP contribution >= 0.6 is 0 Å². The van der Waals surface area contributed by atoms with Gasteiger partial charge in [-0.25, -0.2) is 0 Å². The Bertz CT molecular complexity index is 733. The van der Waals surface area contributed by atoms with E-state index in [-0.39, 0.29) is 0 Å². The van der Waals surface area contributed by atoms with Crippen LogP contribution in [-0.4, -0.2) is 27.3 Å². The first-order chi connectivity index (χ1) is 14.7. The molecule has 0 radical (unpaired) electrons. The van der Waals surface area contributed by atoms with Crippen molar-refractivity contribution >= 4 is 11.9 Å². The summed E-state index contributed by atoms with van der Waals surface area (Å²) in [6, 6.07) is 5.67. The molecule has 1 fully saturated rings. The molecule has 31 heavy (non-hydrogen) atoms. The highest BCUT2D eigenvalue weighted by atomic mass is 16.4. The number of benzene rings is 1. The van der Waals surface area contributed by atoms with Gasteiger partial charge in [0.25, 0.3) is 0 Å². The molecule has 174 valence electrons. The van der Waals surface area contributed by atoms with Crippen LogP contribution in [0.5, 0.6) is 5.75 Å². The number of carbonyl (C=O) groups is 2. The van der Waals surface area contributed by atoms with Crippen LogP contribution < -0.4 is 0 Å². The Balaban J connectivity index is 1.65. The van der Waals surface area contributed by atoms with E-state index in [1.807, 2.05) is 12.1 Å². The second-order valence-corrected chi connectivity index (χ2v) is 10.1. The number of rotatable bonds is 16. The first-order valence-corrected chi connectivity index (χ1v) is 11.9. The second kappa shape index (κ2) is 11.5. The lowest BCUT2D eigenvalue weighted by Gasteiger charge is -2.18. The fourth-order valence-electron chi connectivity index (χ4n) is 4.29. The van der Waals surface area contributed by atoms with E-state index in [0.29, 0.717) is 12.2 Å². The molecule has 1 aliphatic rings. The topological polar surface area (TPSA) is 94.8 Å². The summed E-state index contributed by atoms with van der Waals surface area (Å²) in [5, 5.41) is 28.3. The highest BCUT2D eigenvalue weighted by Gasteiger charge is 2.49. The normalized spacial score (nSPS) is 15.0. The average Bonchev–Trinajstić information content (AvgIpc) is 3.49. The summed E-state index contributed by atoms with van der Waals surface area (Å²) in [4.78, 5) is 22.4. The van der Waals surface area contributed by atoms with Gasteiger partial charge >= 0.3 is 11.9 Å². The van der Waals surface area contributed by atoms with Crippen LogP contribution in [0.25, 0.3) is 0 Å². The Labute approximate surface area is 186 Å². The summed E-state index contributed by atoms with van der Waals surface area (Å²) in [7, 11) is 0. The molecule has 0 aliphatic heterocycles. The Kier molecular flexibility index (Phi) is 9.39. The number of phenolic OH excluding ortho intramolecular Hbond substituents is 1. The fourth-order valence-corrected chi connectivity index (χ4v) is 4.29. The monoisotopic (exact) mass is 432 g/mol. The third kappa shape index (κ3) is 8.19. The predicted molar refractivity (Wildman–Crippen MR) is 122 cm³/mol. The highest BCUT2D eigenvalue weighted by molar-refractivity contribution is 5.77. The van der Waals surface area contributed by atoms with E-state index in [1.165, 1.54) is 11.1 Å². The summed E-state index contributed by atoms with van der Waals surface area (Å²) in [6.45, 7) is 3.56. The molecule has 0 spiro atoms. The van der Waals surface area contributed by atoms with Crippen molar-refractivity contribution in [3.05, 3.63) is 29.3 Å². The van der Waals surface area contributed by atoms with Crippen molar-refractivity contribution in [3.63, 3.8) is 0 Å². The van der Waals surface area contributed by atoms with E-state index in [0.717, 1.165) is 83.5 Å². The number of hydrogen-bond donors (Lipinski definition) is 3. The van der Waals surface area contributed by atoms with E-state index >= 15 is 0 Å². The molecular weight excluding hydrogens is 392 g/mol. The number of carboxylic acid groups (broad SMARTS) is 2. The molecule has 5 nitrogen and oxygen atoms in total. The number of aryl methyl sites for hydroxylation is 2. The number of carboxylic acids is 2. The number of aromatic hydroxyl groups is 1. The zero-order valence-corrected chi connectivity index (χ0v) is 19.3. The smallest absolute Gasteiger partial charge is 0.309 e. The third-order valence-corrected chi connectivity index (χ3v) is 6.93. The molecule has 0 heterocycles. The second-order valence-electron chi connectivity index (χ2n) is 10.1. The van der Waals surface area contributed by atoms with Crippen molar-refractivity contribution in [2.24, 2.45) is 10.8 Å². The lowest BCUT2D eigenvalue weighted by atomic mass is 9.87. The minimum absolute atomic E-state index is 0.311. The maximum absolute atomic E-state index is 11.2. The zero-order chi connectivity index (χ0) is 22.9. The SMILES string of the molecule is CC(C)(CCCCCCc1cc(O)ccc1CCCCCCC1(C(=O)O)CC1)C(=O)O. The molecule has 0 aromatic heterocycles. The average molecular weight is 433 g/mol. The van der Waals surface area contributed by atoms with E-state index in [4.69, 9.17) is 0 Å². The summed E-state index contributed by atoms with van der Waals surface area (Å²) in [5.41, 5.74) is 1.47. The number of unbranched alkanes of at least 4 members (excludes halogenated alkanes) is 6. The Morgan fingerprint density at radius 1 is 0.871 bits per heavy atom. The summed E-state index contributed by atoms with van der Waals surface area (Å²) in [5.74, 6) is -1.04. The molecule has 1 aromatic rings. The van der Waals surface area contributed by atoms with Crippen LogP contribution in [0.15, 0.2) is 18.2 Å². The third-order valence-electron chi connectivity index (χ3n) is 6.93. The van der Waals surface area contributed by atoms with Crippen LogP contribution in [-0.2, 0) is 22.4 Å². The molecule has 0 unspecified atom stereocenters. The highest BCUT2D eigenvalue weighted by Crippen LogP contribution is 2.50. The molecule has 0 bridgehead atoms. The van der Waals surface area contributed by atoms with Crippen molar-refractivity contribution in [2.75, 3.05) is 0 Å². The molecule has 1 aliphatic carbocycles. The van der Waals surface area contributed by atoms with Gasteiger partial charge in [0.1, 0.15) is 5.75 Å². The number of hydrogen-bond acceptors (Lipinski definition) is 3. The van der Waals surface area contributed by atoms with Crippen LogP contribution in [0.4, 0.5) is 0 Å². The van der Waals surface area contributed by atoms with Gasteiger partial charge in [0, 0.05) is 0 Å². The molecular formula is C26H40O5. The molecule has 0 saturated heterocycles. The molecule has 0 atom stereocenters. The van der Waals surface area contributed by atoms with Crippen LogP contribution in [0.3, 0.4) is 0 Å².